The first-order valence-electron chi connectivity index (χ1n) is 8.63. The quantitative estimate of drug-likeness (QED) is 0.573. The molecule has 0 saturated heterocycles. The van der Waals surface area contributed by atoms with Gasteiger partial charge >= 0.3 is 5.97 Å². The molecule has 146 valence electrons. The highest BCUT2D eigenvalue weighted by Crippen LogP contribution is 2.31. The van der Waals surface area contributed by atoms with E-state index in [-0.39, 0.29) is 15.5 Å². The van der Waals surface area contributed by atoms with Gasteiger partial charge in [-0.05, 0) is 42.1 Å². The van der Waals surface area contributed by atoms with Gasteiger partial charge in [-0.2, -0.15) is 0 Å². The number of aromatic carboxylic acids is 1. The van der Waals surface area contributed by atoms with Crippen LogP contribution in [-0.4, -0.2) is 26.0 Å². The van der Waals surface area contributed by atoms with E-state index in [4.69, 9.17) is 0 Å². The van der Waals surface area contributed by atoms with Crippen molar-refractivity contribution in [1.82, 2.24) is 0 Å². The highest BCUT2D eigenvalue weighted by Gasteiger charge is 2.20. The van der Waals surface area contributed by atoms with Crippen LogP contribution in [-0.2, 0) is 16.6 Å². The summed E-state index contributed by atoms with van der Waals surface area (Å²) in [6.07, 6.45) is 0. The Balaban J connectivity index is 2.01. The number of hydrogen-bond acceptors (Lipinski definition) is 5. The van der Waals surface area contributed by atoms with Crippen molar-refractivity contribution in [1.29, 1.82) is 0 Å². The first kappa shape index (κ1) is 19.9. The predicted molar refractivity (Wildman–Crippen MR) is 112 cm³/mol. The van der Waals surface area contributed by atoms with E-state index in [0.29, 0.717) is 18.8 Å². The maximum absolute atomic E-state index is 12.7. The molecule has 0 atom stereocenters. The SMILES string of the molecule is CCN(Cc1ccccc1)c1ccc(C(=O)O)cc1NS(=O)(=O)c1cccs1. The van der Waals surface area contributed by atoms with Gasteiger partial charge in [-0.25, -0.2) is 13.2 Å². The summed E-state index contributed by atoms with van der Waals surface area (Å²) in [6, 6.07) is 17.4. The Hall–Kier alpha value is -2.84. The molecule has 0 aliphatic heterocycles. The lowest BCUT2D eigenvalue weighted by Gasteiger charge is -2.26. The topological polar surface area (TPSA) is 86.7 Å². The summed E-state index contributed by atoms with van der Waals surface area (Å²) in [6.45, 7) is 3.15. The van der Waals surface area contributed by atoms with Gasteiger partial charge in [0, 0.05) is 13.1 Å². The minimum Gasteiger partial charge on any atom is -0.478 e. The van der Waals surface area contributed by atoms with Crippen LogP contribution in [0.1, 0.15) is 22.8 Å². The maximum Gasteiger partial charge on any atom is 0.335 e. The van der Waals surface area contributed by atoms with Crippen LogP contribution in [0.15, 0.2) is 70.3 Å². The molecule has 1 aromatic heterocycles. The number of sulfonamides is 1. The van der Waals surface area contributed by atoms with E-state index < -0.39 is 16.0 Å². The van der Waals surface area contributed by atoms with Crippen LogP contribution >= 0.6 is 11.3 Å². The lowest BCUT2D eigenvalue weighted by molar-refractivity contribution is 0.0697. The molecule has 0 saturated carbocycles. The summed E-state index contributed by atoms with van der Waals surface area (Å²) in [5.41, 5.74) is 1.95. The zero-order valence-corrected chi connectivity index (χ0v) is 16.8. The molecule has 0 radical (unpaired) electrons. The average Bonchev–Trinajstić information content (AvgIpc) is 3.23. The molecule has 2 N–H and O–H groups in total. The number of rotatable bonds is 8. The van der Waals surface area contributed by atoms with Crippen molar-refractivity contribution < 1.29 is 18.3 Å². The van der Waals surface area contributed by atoms with E-state index in [2.05, 4.69) is 4.72 Å². The monoisotopic (exact) mass is 416 g/mol. The second-order valence-electron chi connectivity index (χ2n) is 6.07. The molecule has 0 bridgehead atoms. The summed E-state index contributed by atoms with van der Waals surface area (Å²) in [7, 11) is -3.80. The number of thiophene rings is 1. The van der Waals surface area contributed by atoms with E-state index in [1.807, 2.05) is 42.2 Å². The molecule has 28 heavy (non-hydrogen) atoms. The second-order valence-corrected chi connectivity index (χ2v) is 8.93. The molecule has 3 rings (SSSR count). The minimum absolute atomic E-state index is 0.0170. The fourth-order valence-corrected chi connectivity index (χ4v) is 4.87. The van der Waals surface area contributed by atoms with Crippen LogP contribution in [0, 0.1) is 0 Å². The third kappa shape index (κ3) is 4.52. The summed E-state index contributed by atoms with van der Waals surface area (Å²) in [5, 5.41) is 11.0. The summed E-state index contributed by atoms with van der Waals surface area (Å²) in [4.78, 5) is 13.4. The molecule has 0 aliphatic carbocycles. The highest BCUT2D eigenvalue weighted by molar-refractivity contribution is 7.94. The molecule has 0 aliphatic rings. The Morgan fingerprint density at radius 2 is 1.86 bits per heavy atom. The first-order chi connectivity index (χ1) is 13.4. The van der Waals surface area contributed by atoms with Crippen LogP contribution in [0.3, 0.4) is 0 Å². The van der Waals surface area contributed by atoms with E-state index in [1.165, 1.54) is 18.2 Å². The van der Waals surface area contributed by atoms with E-state index in [1.54, 1.807) is 17.5 Å². The van der Waals surface area contributed by atoms with Crippen molar-refractivity contribution in [3.63, 3.8) is 0 Å². The predicted octanol–water partition coefficient (Wildman–Crippen LogP) is 4.27. The molecule has 8 heteroatoms. The Kier molecular flexibility index (Phi) is 6.01. The van der Waals surface area contributed by atoms with Crippen molar-refractivity contribution in [3.8, 4) is 0 Å². The van der Waals surface area contributed by atoms with Gasteiger partial charge < -0.3 is 10.0 Å². The van der Waals surface area contributed by atoms with Crippen LogP contribution in [0.5, 0.6) is 0 Å². The lowest BCUT2D eigenvalue weighted by atomic mass is 10.1. The van der Waals surface area contributed by atoms with Gasteiger partial charge in [-0.1, -0.05) is 36.4 Å². The Labute approximate surface area is 168 Å². The molecule has 6 nitrogen and oxygen atoms in total. The Morgan fingerprint density at radius 1 is 1.11 bits per heavy atom. The van der Waals surface area contributed by atoms with Crippen molar-refractivity contribution in [2.24, 2.45) is 0 Å². The number of carboxylic acid groups (broad SMARTS) is 1. The second kappa shape index (κ2) is 8.45. The fourth-order valence-electron chi connectivity index (χ4n) is 2.81. The third-order valence-corrected chi connectivity index (χ3v) is 6.95. The molecule has 0 fully saturated rings. The number of nitrogens with zero attached hydrogens (tertiary/aromatic N) is 1. The Morgan fingerprint density at radius 3 is 2.46 bits per heavy atom. The van der Waals surface area contributed by atoms with Crippen LogP contribution in [0.2, 0.25) is 0 Å². The largest absolute Gasteiger partial charge is 0.478 e. The normalized spacial score (nSPS) is 11.2. The van der Waals surface area contributed by atoms with Crippen LogP contribution in [0.25, 0.3) is 0 Å². The van der Waals surface area contributed by atoms with Gasteiger partial charge in [0.2, 0.25) is 0 Å². The summed E-state index contributed by atoms with van der Waals surface area (Å²) < 4.78 is 28.1. The van der Waals surface area contributed by atoms with Gasteiger partial charge in [0.15, 0.2) is 0 Å². The standard InChI is InChI=1S/C20H20N2O4S2/c1-2-22(14-15-7-4-3-5-8-15)18-11-10-16(20(23)24)13-17(18)21-28(25,26)19-9-6-12-27-19/h3-13,21H,2,14H2,1H3,(H,23,24). The molecule has 0 spiro atoms. The van der Waals surface area contributed by atoms with Gasteiger partial charge in [-0.15, -0.1) is 11.3 Å². The van der Waals surface area contributed by atoms with Crippen molar-refractivity contribution in [2.75, 3.05) is 16.2 Å². The summed E-state index contributed by atoms with van der Waals surface area (Å²) >= 11 is 1.10. The number of benzene rings is 2. The van der Waals surface area contributed by atoms with Gasteiger partial charge in [0.05, 0.1) is 16.9 Å². The number of nitrogens with one attached hydrogen (secondary N) is 1. The number of carboxylic acids is 1. The van der Waals surface area contributed by atoms with Gasteiger partial charge in [0.25, 0.3) is 10.0 Å². The maximum atomic E-state index is 12.7. The lowest BCUT2D eigenvalue weighted by Crippen LogP contribution is -2.24. The van der Waals surface area contributed by atoms with E-state index in [9.17, 15) is 18.3 Å². The fraction of sp³-hybridized carbons (Fsp3) is 0.150. The number of hydrogen-bond donors (Lipinski definition) is 2. The third-order valence-electron chi connectivity index (χ3n) is 4.19. The van der Waals surface area contributed by atoms with Gasteiger partial charge in [-0.3, -0.25) is 4.72 Å². The molecule has 1 heterocycles. The van der Waals surface area contributed by atoms with Crippen LogP contribution < -0.4 is 9.62 Å². The number of anilines is 2. The average molecular weight is 417 g/mol. The zero-order valence-electron chi connectivity index (χ0n) is 15.2. The minimum atomic E-state index is -3.80. The van der Waals surface area contributed by atoms with Crippen LogP contribution in [0.4, 0.5) is 11.4 Å². The number of carbonyl (C=O) groups is 1. The van der Waals surface area contributed by atoms with E-state index >= 15 is 0 Å². The Bertz CT molecular complexity index is 1050. The van der Waals surface area contributed by atoms with Crippen molar-refractivity contribution in [3.05, 3.63) is 77.2 Å². The summed E-state index contributed by atoms with van der Waals surface area (Å²) in [5.74, 6) is -1.12. The molecule has 0 amide bonds. The van der Waals surface area contributed by atoms with E-state index in [0.717, 1.165) is 16.9 Å². The highest BCUT2D eigenvalue weighted by atomic mass is 32.2. The smallest absolute Gasteiger partial charge is 0.335 e. The molecular formula is C20H20N2O4S2. The molecular weight excluding hydrogens is 396 g/mol. The first-order valence-corrected chi connectivity index (χ1v) is 11.0. The van der Waals surface area contributed by atoms with Gasteiger partial charge in [0.1, 0.15) is 4.21 Å². The molecule has 3 aromatic rings. The zero-order chi connectivity index (χ0) is 20.1. The molecule has 0 unspecified atom stereocenters. The van der Waals surface area contributed by atoms with Crippen molar-refractivity contribution in [2.45, 2.75) is 17.7 Å². The van der Waals surface area contributed by atoms with Crippen molar-refractivity contribution >= 4 is 38.7 Å². The molecule has 2 aromatic carbocycles.